The highest BCUT2D eigenvalue weighted by Crippen LogP contribution is 2.21. The maximum atomic E-state index is 5.81. The number of hydrogen-bond acceptors (Lipinski definition) is 5. The summed E-state index contributed by atoms with van der Waals surface area (Å²) in [5.74, 6) is 1.49. The third-order valence-electron chi connectivity index (χ3n) is 3.50. The minimum absolute atomic E-state index is 0.0586. The first kappa shape index (κ1) is 13.5. The molecular formula is C13H24N4O. The molecule has 0 saturated carbocycles. The number of likely N-dealkylation sites (tertiary alicyclic amines) is 1. The van der Waals surface area contributed by atoms with E-state index >= 15 is 0 Å². The molecule has 1 aromatic heterocycles. The number of nitrogens with two attached hydrogens (primary N) is 1. The molecule has 0 amide bonds. The topological polar surface area (TPSA) is 68.2 Å². The Labute approximate surface area is 109 Å². The first-order valence-corrected chi connectivity index (χ1v) is 6.78. The molecule has 0 aromatic carbocycles. The Hall–Kier alpha value is -0.940. The van der Waals surface area contributed by atoms with E-state index in [9.17, 15) is 0 Å². The summed E-state index contributed by atoms with van der Waals surface area (Å²) in [5.41, 5.74) is 5.75. The van der Waals surface area contributed by atoms with Gasteiger partial charge in [-0.2, -0.15) is 4.98 Å². The van der Waals surface area contributed by atoms with Gasteiger partial charge in [0, 0.05) is 18.0 Å². The summed E-state index contributed by atoms with van der Waals surface area (Å²) >= 11 is 0. The normalized spacial score (nSPS) is 22.3. The second-order valence-electron chi connectivity index (χ2n) is 6.12. The van der Waals surface area contributed by atoms with Crippen molar-refractivity contribution in [2.75, 3.05) is 13.1 Å². The van der Waals surface area contributed by atoms with Crippen LogP contribution in [0.3, 0.4) is 0 Å². The first-order valence-electron chi connectivity index (χ1n) is 6.78. The molecule has 1 fully saturated rings. The summed E-state index contributed by atoms with van der Waals surface area (Å²) in [4.78, 5) is 6.85. The molecule has 0 radical (unpaired) electrons. The van der Waals surface area contributed by atoms with E-state index in [2.05, 4.69) is 35.8 Å². The van der Waals surface area contributed by atoms with Gasteiger partial charge in [0.15, 0.2) is 5.82 Å². The molecule has 1 saturated heterocycles. The molecule has 2 rings (SSSR count). The third-order valence-corrected chi connectivity index (χ3v) is 3.50. The average molecular weight is 252 g/mol. The second-order valence-corrected chi connectivity index (χ2v) is 6.12. The Bertz CT molecular complexity index is 383. The lowest BCUT2D eigenvalue weighted by molar-refractivity contribution is 0.128. The highest BCUT2D eigenvalue weighted by molar-refractivity contribution is 5.00. The van der Waals surface area contributed by atoms with Crippen LogP contribution in [0, 0.1) is 0 Å². The maximum absolute atomic E-state index is 5.81. The summed E-state index contributed by atoms with van der Waals surface area (Å²) in [7, 11) is 0. The molecule has 2 N–H and O–H groups in total. The van der Waals surface area contributed by atoms with Crippen molar-refractivity contribution in [1.82, 2.24) is 15.0 Å². The van der Waals surface area contributed by atoms with Crippen LogP contribution in [-0.2, 0) is 12.0 Å². The summed E-state index contributed by atoms with van der Waals surface area (Å²) in [6, 6.07) is 0.462. The van der Waals surface area contributed by atoms with E-state index in [0.717, 1.165) is 18.9 Å². The fraction of sp³-hybridized carbons (Fsp3) is 0.846. The van der Waals surface area contributed by atoms with Crippen molar-refractivity contribution in [3.8, 4) is 0 Å². The molecule has 0 spiro atoms. The van der Waals surface area contributed by atoms with Crippen molar-refractivity contribution in [3.05, 3.63) is 11.7 Å². The maximum Gasteiger partial charge on any atom is 0.240 e. The predicted octanol–water partition coefficient (Wildman–Crippen LogP) is 1.68. The first-order chi connectivity index (χ1) is 8.50. The van der Waals surface area contributed by atoms with Crippen LogP contribution in [0.25, 0.3) is 0 Å². The van der Waals surface area contributed by atoms with Crippen molar-refractivity contribution < 1.29 is 4.52 Å². The van der Waals surface area contributed by atoms with Gasteiger partial charge >= 0.3 is 0 Å². The van der Waals surface area contributed by atoms with Crippen molar-refractivity contribution in [1.29, 1.82) is 0 Å². The number of nitrogens with zero attached hydrogens (tertiary/aromatic N) is 3. The van der Waals surface area contributed by atoms with Crippen molar-refractivity contribution in [2.45, 2.75) is 58.0 Å². The Kier molecular flexibility index (Phi) is 4.02. The molecule has 1 aromatic rings. The molecule has 18 heavy (non-hydrogen) atoms. The van der Waals surface area contributed by atoms with Crippen LogP contribution in [0.2, 0.25) is 0 Å². The van der Waals surface area contributed by atoms with Gasteiger partial charge in [0.25, 0.3) is 0 Å². The summed E-state index contributed by atoms with van der Waals surface area (Å²) in [6.45, 7) is 8.78. The quantitative estimate of drug-likeness (QED) is 0.886. The van der Waals surface area contributed by atoms with Gasteiger partial charge in [-0.15, -0.1) is 0 Å². The lowest BCUT2D eigenvalue weighted by Gasteiger charge is -2.33. The van der Waals surface area contributed by atoms with Crippen LogP contribution in [-0.4, -0.2) is 34.2 Å². The smallest absolute Gasteiger partial charge is 0.240 e. The van der Waals surface area contributed by atoms with Gasteiger partial charge in [-0.1, -0.05) is 32.3 Å². The standard InChI is InChI=1S/C13H24N4O/c1-13(2,3)12-15-11(18-16-12)9-17-7-5-4-6-10(17)8-14/h10H,4-9,14H2,1-3H3. The number of aromatic nitrogens is 2. The van der Waals surface area contributed by atoms with Gasteiger partial charge in [-0.3, -0.25) is 4.90 Å². The molecular weight excluding hydrogens is 228 g/mol. The van der Waals surface area contributed by atoms with Crippen LogP contribution in [0.5, 0.6) is 0 Å². The van der Waals surface area contributed by atoms with E-state index in [1.807, 2.05) is 0 Å². The number of piperidine rings is 1. The van der Waals surface area contributed by atoms with Gasteiger partial charge < -0.3 is 10.3 Å². The zero-order chi connectivity index (χ0) is 13.2. The fourth-order valence-corrected chi connectivity index (χ4v) is 2.33. The average Bonchev–Trinajstić information content (AvgIpc) is 2.78. The van der Waals surface area contributed by atoms with Crippen LogP contribution in [0.1, 0.15) is 51.7 Å². The third kappa shape index (κ3) is 3.09. The van der Waals surface area contributed by atoms with Gasteiger partial charge in [0.05, 0.1) is 6.54 Å². The SMILES string of the molecule is CC(C)(C)c1noc(CN2CCCCC2CN)n1. The van der Waals surface area contributed by atoms with E-state index in [0.29, 0.717) is 18.5 Å². The summed E-state index contributed by atoms with van der Waals surface area (Å²) in [5, 5.41) is 4.06. The molecule has 1 aliphatic rings. The molecule has 5 heteroatoms. The Morgan fingerprint density at radius 3 is 2.78 bits per heavy atom. The highest BCUT2D eigenvalue weighted by atomic mass is 16.5. The van der Waals surface area contributed by atoms with E-state index in [4.69, 9.17) is 10.3 Å². The number of rotatable bonds is 3. The molecule has 1 atom stereocenters. The van der Waals surface area contributed by atoms with E-state index in [1.54, 1.807) is 0 Å². The summed E-state index contributed by atoms with van der Waals surface area (Å²) in [6.07, 6.45) is 3.68. The molecule has 0 aliphatic carbocycles. The van der Waals surface area contributed by atoms with Gasteiger partial charge in [-0.25, -0.2) is 0 Å². The Morgan fingerprint density at radius 2 is 2.17 bits per heavy atom. The van der Waals surface area contributed by atoms with E-state index in [1.165, 1.54) is 19.3 Å². The second kappa shape index (κ2) is 5.36. The molecule has 1 aliphatic heterocycles. The van der Waals surface area contributed by atoms with Crippen LogP contribution < -0.4 is 5.73 Å². The zero-order valence-electron chi connectivity index (χ0n) is 11.6. The molecule has 1 unspecified atom stereocenters. The van der Waals surface area contributed by atoms with Crippen LogP contribution >= 0.6 is 0 Å². The van der Waals surface area contributed by atoms with E-state index < -0.39 is 0 Å². The van der Waals surface area contributed by atoms with Gasteiger partial charge in [-0.05, 0) is 19.4 Å². The van der Waals surface area contributed by atoms with Crippen molar-refractivity contribution >= 4 is 0 Å². The molecule has 0 bridgehead atoms. The minimum atomic E-state index is -0.0586. The largest absolute Gasteiger partial charge is 0.338 e. The lowest BCUT2D eigenvalue weighted by Crippen LogP contribution is -2.43. The van der Waals surface area contributed by atoms with Gasteiger partial charge in [0.2, 0.25) is 5.89 Å². The monoisotopic (exact) mass is 252 g/mol. The number of hydrogen-bond donors (Lipinski definition) is 1. The minimum Gasteiger partial charge on any atom is -0.338 e. The van der Waals surface area contributed by atoms with Crippen LogP contribution in [0.15, 0.2) is 4.52 Å². The zero-order valence-corrected chi connectivity index (χ0v) is 11.6. The Morgan fingerprint density at radius 1 is 1.39 bits per heavy atom. The van der Waals surface area contributed by atoms with Gasteiger partial charge in [0.1, 0.15) is 0 Å². The lowest BCUT2D eigenvalue weighted by atomic mass is 9.96. The molecule has 5 nitrogen and oxygen atoms in total. The summed E-state index contributed by atoms with van der Waals surface area (Å²) < 4.78 is 5.34. The van der Waals surface area contributed by atoms with Crippen molar-refractivity contribution in [2.24, 2.45) is 5.73 Å². The highest BCUT2D eigenvalue weighted by Gasteiger charge is 2.25. The Balaban J connectivity index is 2.02. The predicted molar refractivity (Wildman–Crippen MR) is 70.1 cm³/mol. The molecule has 2 heterocycles. The molecule has 102 valence electrons. The van der Waals surface area contributed by atoms with Crippen molar-refractivity contribution in [3.63, 3.8) is 0 Å². The van der Waals surface area contributed by atoms with E-state index in [-0.39, 0.29) is 5.41 Å². The fourth-order valence-electron chi connectivity index (χ4n) is 2.33. The van der Waals surface area contributed by atoms with Crippen LogP contribution in [0.4, 0.5) is 0 Å².